The molecule has 17 heavy (non-hydrogen) atoms. The van der Waals surface area contributed by atoms with Gasteiger partial charge in [0.1, 0.15) is 0 Å². The molecule has 2 atom stereocenters. The molecule has 2 fully saturated rings. The Labute approximate surface area is 114 Å². The molecule has 1 saturated heterocycles. The van der Waals surface area contributed by atoms with Crippen molar-refractivity contribution >= 4 is 37.6 Å². The molecule has 0 radical (unpaired) electrons. The van der Waals surface area contributed by atoms with Gasteiger partial charge in [0.15, 0.2) is 0 Å². The highest BCUT2D eigenvalue weighted by molar-refractivity contribution is 9.10. The van der Waals surface area contributed by atoms with Gasteiger partial charge in [-0.05, 0) is 52.4 Å². The number of hydrogen-bond acceptors (Lipinski definition) is 2. The second-order valence-corrected chi connectivity index (χ2v) is 7.85. The maximum atomic E-state index is 12.3. The van der Waals surface area contributed by atoms with Gasteiger partial charge in [-0.3, -0.25) is 0 Å². The quantitative estimate of drug-likeness (QED) is 0.833. The number of rotatable bonds is 2. The summed E-state index contributed by atoms with van der Waals surface area (Å²) in [4.78, 5) is 0.284. The van der Waals surface area contributed by atoms with Crippen LogP contribution in [0.2, 0.25) is 5.02 Å². The lowest BCUT2D eigenvalue weighted by Gasteiger charge is -2.18. The van der Waals surface area contributed by atoms with E-state index in [1.165, 1.54) is 12.5 Å². The Morgan fingerprint density at radius 1 is 1.29 bits per heavy atom. The number of hydrogen-bond donors (Lipinski definition) is 0. The smallest absolute Gasteiger partial charge is 0.207 e. The second kappa shape index (κ2) is 3.95. The molecule has 0 amide bonds. The lowest BCUT2D eigenvalue weighted by molar-refractivity contribution is 0.443. The average molecular weight is 337 g/mol. The number of sulfonamides is 1. The van der Waals surface area contributed by atoms with Crippen molar-refractivity contribution in [1.82, 2.24) is 4.31 Å². The molecule has 3 nitrogen and oxygen atoms in total. The highest BCUT2D eigenvalue weighted by Crippen LogP contribution is 2.46. The SMILES string of the molecule is O=S(=O)(c1ccc(Br)c(Cl)c1)N1CC2CC2C1. The maximum Gasteiger partial charge on any atom is 0.243 e. The van der Waals surface area contributed by atoms with Crippen molar-refractivity contribution in [2.24, 2.45) is 11.8 Å². The Balaban J connectivity index is 1.93. The Hall–Kier alpha value is -0.100. The van der Waals surface area contributed by atoms with Gasteiger partial charge in [0, 0.05) is 17.6 Å². The number of halogens is 2. The van der Waals surface area contributed by atoms with Crippen LogP contribution in [0.15, 0.2) is 27.6 Å². The summed E-state index contributed by atoms with van der Waals surface area (Å²) in [6.07, 6.45) is 1.19. The summed E-state index contributed by atoms with van der Waals surface area (Å²) >= 11 is 9.19. The summed E-state index contributed by atoms with van der Waals surface area (Å²) in [6.45, 7) is 1.33. The van der Waals surface area contributed by atoms with Gasteiger partial charge >= 0.3 is 0 Å². The van der Waals surface area contributed by atoms with E-state index in [0.29, 0.717) is 34.4 Å². The molecular formula is C11H11BrClNO2S. The van der Waals surface area contributed by atoms with Crippen LogP contribution in [0.25, 0.3) is 0 Å². The van der Waals surface area contributed by atoms with Gasteiger partial charge in [-0.15, -0.1) is 0 Å². The minimum Gasteiger partial charge on any atom is -0.207 e. The highest BCUT2D eigenvalue weighted by atomic mass is 79.9. The van der Waals surface area contributed by atoms with E-state index in [-0.39, 0.29) is 4.90 Å². The molecule has 1 aliphatic heterocycles. The largest absolute Gasteiger partial charge is 0.243 e. The van der Waals surface area contributed by atoms with Crippen LogP contribution in [-0.2, 0) is 10.0 Å². The maximum absolute atomic E-state index is 12.3. The van der Waals surface area contributed by atoms with Gasteiger partial charge in [0.05, 0.1) is 9.92 Å². The van der Waals surface area contributed by atoms with E-state index in [4.69, 9.17) is 11.6 Å². The first kappa shape index (κ1) is 12.0. The molecule has 0 N–H and O–H groups in total. The van der Waals surface area contributed by atoms with Gasteiger partial charge in [-0.1, -0.05) is 11.6 Å². The molecule has 6 heteroatoms. The topological polar surface area (TPSA) is 37.4 Å². The summed E-state index contributed by atoms with van der Waals surface area (Å²) in [5.41, 5.74) is 0. The average Bonchev–Trinajstić information content (AvgIpc) is 2.89. The first-order valence-electron chi connectivity index (χ1n) is 5.43. The van der Waals surface area contributed by atoms with E-state index < -0.39 is 10.0 Å². The van der Waals surface area contributed by atoms with Crippen molar-refractivity contribution in [3.8, 4) is 0 Å². The molecular weight excluding hydrogens is 326 g/mol. The van der Waals surface area contributed by atoms with Crippen LogP contribution in [0, 0.1) is 11.8 Å². The zero-order valence-electron chi connectivity index (χ0n) is 8.94. The highest BCUT2D eigenvalue weighted by Gasteiger charge is 2.48. The van der Waals surface area contributed by atoms with E-state index in [2.05, 4.69) is 15.9 Å². The van der Waals surface area contributed by atoms with Gasteiger partial charge in [0.2, 0.25) is 10.0 Å². The standard InChI is InChI=1S/C11H11BrClNO2S/c12-10-2-1-9(4-11(10)13)17(15,16)14-5-7-3-8(7)6-14/h1-2,4,7-8H,3,5-6H2. The fourth-order valence-corrected chi connectivity index (χ4v) is 4.41. The molecule has 1 aliphatic carbocycles. The molecule has 92 valence electrons. The molecule has 2 aliphatic rings. The van der Waals surface area contributed by atoms with Gasteiger partial charge in [0.25, 0.3) is 0 Å². The Bertz CT molecular complexity index is 565. The van der Waals surface area contributed by atoms with E-state index in [1.807, 2.05) is 0 Å². The van der Waals surface area contributed by atoms with Gasteiger partial charge < -0.3 is 0 Å². The van der Waals surface area contributed by atoms with E-state index in [0.717, 1.165) is 0 Å². The summed E-state index contributed by atoms with van der Waals surface area (Å²) in [6, 6.07) is 4.77. The molecule has 0 aromatic heterocycles. The summed E-state index contributed by atoms with van der Waals surface area (Å²) in [5, 5.41) is 0.426. The summed E-state index contributed by atoms with van der Waals surface area (Å²) in [7, 11) is -3.35. The van der Waals surface area contributed by atoms with Crippen molar-refractivity contribution in [3.63, 3.8) is 0 Å². The minimum atomic E-state index is -3.35. The fourth-order valence-electron chi connectivity index (χ4n) is 2.34. The normalized spacial score (nSPS) is 28.1. The van der Waals surface area contributed by atoms with Crippen LogP contribution in [0.4, 0.5) is 0 Å². The van der Waals surface area contributed by atoms with E-state index in [9.17, 15) is 8.42 Å². The molecule has 3 rings (SSSR count). The lowest BCUT2D eigenvalue weighted by Crippen LogP contribution is -2.30. The molecule has 1 saturated carbocycles. The van der Waals surface area contributed by atoms with Gasteiger partial charge in [-0.2, -0.15) is 4.31 Å². The molecule has 1 aromatic rings. The van der Waals surface area contributed by atoms with E-state index in [1.54, 1.807) is 16.4 Å². The lowest BCUT2D eigenvalue weighted by atomic mass is 10.4. The summed E-state index contributed by atoms with van der Waals surface area (Å²) in [5.74, 6) is 1.19. The number of fused-ring (bicyclic) bond motifs is 1. The second-order valence-electron chi connectivity index (χ2n) is 4.65. The van der Waals surface area contributed by atoms with Crippen LogP contribution >= 0.6 is 27.5 Å². The van der Waals surface area contributed by atoms with Crippen molar-refractivity contribution in [2.45, 2.75) is 11.3 Å². The van der Waals surface area contributed by atoms with Crippen LogP contribution in [0.1, 0.15) is 6.42 Å². The van der Waals surface area contributed by atoms with Crippen molar-refractivity contribution in [1.29, 1.82) is 0 Å². The first-order chi connectivity index (χ1) is 7.98. The molecule has 1 aromatic carbocycles. The van der Waals surface area contributed by atoms with Crippen LogP contribution < -0.4 is 0 Å². The number of benzene rings is 1. The van der Waals surface area contributed by atoms with Crippen LogP contribution in [-0.4, -0.2) is 25.8 Å². The zero-order valence-corrected chi connectivity index (χ0v) is 12.1. The fraction of sp³-hybridized carbons (Fsp3) is 0.455. The van der Waals surface area contributed by atoms with Crippen LogP contribution in [0.5, 0.6) is 0 Å². The zero-order chi connectivity index (χ0) is 12.2. The van der Waals surface area contributed by atoms with Crippen LogP contribution in [0.3, 0.4) is 0 Å². The van der Waals surface area contributed by atoms with E-state index >= 15 is 0 Å². The van der Waals surface area contributed by atoms with Crippen molar-refractivity contribution in [3.05, 3.63) is 27.7 Å². The Morgan fingerprint density at radius 2 is 1.94 bits per heavy atom. The first-order valence-corrected chi connectivity index (χ1v) is 8.05. The predicted molar refractivity (Wildman–Crippen MR) is 69.5 cm³/mol. The Kier molecular flexibility index (Phi) is 2.78. The Morgan fingerprint density at radius 3 is 2.53 bits per heavy atom. The van der Waals surface area contributed by atoms with Gasteiger partial charge in [-0.25, -0.2) is 8.42 Å². The third kappa shape index (κ3) is 2.03. The predicted octanol–water partition coefficient (Wildman–Crippen LogP) is 2.74. The third-order valence-corrected chi connectivity index (χ3v) is 6.53. The van der Waals surface area contributed by atoms with Crippen molar-refractivity contribution in [2.75, 3.05) is 13.1 Å². The molecule has 0 bridgehead atoms. The third-order valence-electron chi connectivity index (χ3n) is 3.47. The number of piperidine rings is 1. The summed E-state index contributed by atoms with van der Waals surface area (Å²) < 4.78 is 26.9. The monoisotopic (exact) mass is 335 g/mol. The van der Waals surface area contributed by atoms with Crippen molar-refractivity contribution < 1.29 is 8.42 Å². The minimum absolute atomic E-state index is 0.284. The molecule has 2 unspecified atom stereocenters. The number of nitrogens with zero attached hydrogens (tertiary/aromatic N) is 1. The molecule has 1 heterocycles. The molecule has 0 spiro atoms.